The summed E-state index contributed by atoms with van der Waals surface area (Å²) in [5.74, 6) is -1.11. The van der Waals surface area contributed by atoms with Gasteiger partial charge >= 0.3 is 0 Å². The molecule has 0 saturated heterocycles. The number of para-hydroxylation sites is 1. The van der Waals surface area contributed by atoms with Crippen molar-refractivity contribution in [3.05, 3.63) is 75.7 Å². The fraction of sp³-hybridized carbons (Fsp3) is 0. The maximum Gasteiger partial charge on any atom is 0.264 e. The molecule has 11 heteroatoms. The number of phenolic OH excluding ortho intramolecular Hbond substituents is 1. The van der Waals surface area contributed by atoms with Crippen LogP contribution < -0.4 is 15.6 Å². The number of benzene rings is 2. The maximum absolute atomic E-state index is 12.6. The van der Waals surface area contributed by atoms with Crippen LogP contribution in [0.5, 0.6) is 5.75 Å². The van der Waals surface area contributed by atoms with Crippen LogP contribution in [0.25, 0.3) is 0 Å². The maximum atomic E-state index is 12.6. The molecule has 3 aromatic rings. The van der Waals surface area contributed by atoms with Crippen molar-refractivity contribution < 1.29 is 18.3 Å². The van der Waals surface area contributed by atoms with Gasteiger partial charge in [0.1, 0.15) is 5.75 Å². The van der Waals surface area contributed by atoms with E-state index in [9.17, 15) is 23.1 Å². The van der Waals surface area contributed by atoms with E-state index in [0.717, 1.165) is 24.4 Å². The van der Waals surface area contributed by atoms with Gasteiger partial charge in [-0.25, -0.2) is 13.5 Å². The van der Waals surface area contributed by atoms with Crippen LogP contribution in [0.3, 0.4) is 0 Å². The number of halogens is 1. The molecule has 0 bridgehead atoms. The standard InChI is InChI=1S/C17H13ClN4O5S/c18-12-3-1-2-4-13(12)22-28(26,27)11-5-6-15(23)14(8-11)20-17(25)10-7-16(24)21-19-9-10/h1-9,22-23H,(H,20,25)(H,21,24). The minimum Gasteiger partial charge on any atom is -0.506 e. The summed E-state index contributed by atoms with van der Waals surface area (Å²) in [5, 5.41) is 18.1. The Labute approximate surface area is 164 Å². The van der Waals surface area contributed by atoms with Crippen molar-refractivity contribution >= 4 is 38.9 Å². The smallest absolute Gasteiger partial charge is 0.264 e. The van der Waals surface area contributed by atoms with E-state index in [4.69, 9.17) is 11.6 Å². The Hall–Kier alpha value is -3.37. The van der Waals surface area contributed by atoms with Crippen LogP contribution in [-0.4, -0.2) is 29.6 Å². The van der Waals surface area contributed by atoms with Crippen molar-refractivity contribution in [3.63, 3.8) is 0 Å². The third-order valence-corrected chi connectivity index (χ3v) is 5.26. The van der Waals surface area contributed by atoms with E-state index in [-0.39, 0.29) is 32.6 Å². The number of phenols is 1. The van der Waals surface area contributed by atoms with Gasteiger partial charge in [-0.15, -0.1) is 0 Å². The molecule has 3 rings (SSSR count). The Morgan fingerprint density at radius 2 is 1.86 bits per heavy atom. The molecular formula is C17H13ClN4O5S. The minimum absolute atomic E-state index is 0.0643. The summed E-state index contributed by atoms with van der Waals surface area (Å²) in [6.07, 6.45) is 1.12. The molecule has 0 unspecified atom stereocenters. The monoisotopic (exact) mass is 420 g/mol. The second-order valence-electron chi connectivity index (χ2n) is 5.55. The second-order valence-corrected chi connectivity index (χ2v) is 7.64. The van der Waals surface area contributed by atoms with Gasteiger partial charge in [-0.3, -0.25) is 14.3 Å². The van der Waals surface area contributed by atoms with Gasteiger partial charge in [0.15, 0.2) is 0 Å². The van der Waals surface area contributed by atoms with E-state index in [1.54, 1.807) is 12.1 Å². The summed E-state index contributed by atoms with van der Waals surface area (Å²) in [5.41, 5.74) is -0.632. The zero-order chi connectivity index (χ0) is 20.3. The lowest BCUT2D eigenvalue weighted by atomic mass is 10.2. The highest BCUT2D eigenvalue weighted by atomic mass is 35.5. The van der Waals surface area contributed by atoms with Gasteiger partial charge in [0, 0.05) is 6.07 Å². The average Bonchev–Trinajstić information content (AvgIpc) is 2.65. The van der Waals surface area contributed by atoms with Gasteiger partial charge in [0.25, 0.3) is 21.5 Å². The van der Waals surface area contributed by atoms with Crippen molar-refractivity contribution in [1.82, 2.24) is 10.2 Å². The van der Waals surface area contributed by atoms with Crippen LogP contribution in [0.1, 0.15) is 10.4 Å². The van der Waals surface area contributed by atoms with E-state index in [1.165, 1.54) is 18.2 Å². The van der Waals surface area contributed by atoms with Gasteiger partial charge in [-0.2, -0.15) is 5.10 Å². The Kier molecular flexibility index (Phi) is 5.34. The lowest BCUT2D eigenvalue weighted by molar-refractivity contribution is 0.102. The zero-order valence-corrected chi connectivity index (χ0v) is 15.6. The Morgan fingerprint density at radius 1 is 1.11 bits per heavy atom. The number of aromatic hydroxyl groups is 1. The normalized spacial score (nSPS) is 11.0. The van der Waals surface area contributed by atoms with Crippen LogP contribution in [0.15, 0.2) is 64.4 Å². The van der Waals surface area contributed by atoms with E-state index in [0.29, 0.717) is 0 Å². The first-order valence-corrected chi connectivity index (χ1v) is 9.59. The molecule has 0 fully saturated rings. The summed E-state index contributed by atoms with van der Waals surface area (Å²) in [7, 11) is -4.05. The Balaban J connectivity index is 1.89. The van der Waals surface area contributed by atoms with Crippen molar-refractivity contribution in [2.24, 2.45) is 0 Å². The highest BCUT2D eigenvalue weighted by molar-refractivity contribution is 7.92. The predicted octanol–water partition coefficient (Wildman–Crippen LogP) is 2.18. The predicted molar refractivity (Wildman–Crippen MR) is 103 cm³/mol. The molecule has 0 saturated carbocycles. The van der Waals surface area contributed by atoms with E-state index in [2.05, 4.69) is 20.2 Å². The third-order valence-electron chi connectivity index (χ3n) is 3.57. The van der Waals surface area contributed by atoms with Crippen molar-refractivity contribution in [2.45, 2.75) is 4.90 Å². The SMILES string of the molecule is O=C(Nc1cc(S(=O)(=O)Nc2ccccc2Cl)ccc1O)c1cn[nH]c(=O)c1. The van der Waals surface area contributed by atoms with Gasteiger partial charge in [-0.1, -0.05) is 23.7 Å². The summed E-state index contributed by atoms with van der Waals surface area (Å²) in [6.45, 7) is 0. The van der Waals surface area contributed by atoms with Gasteiger partial charge < -0.3 is 10.4 Å². The average molecular weight is 421 g/mol. The topological polar surface area (TPSA) is 141 Å². The number of anilines is 2. The quantitative estimate of drug-likeness (QED) is 0.466. The molecule has 9 nitrogen and oxygen atoms in total. The van der Waals surface area contributed by atoms with Crippen molar-refractivity contribution in [1.29, 1.82) is 0 Å². The number of carbonyl (C=O) groups excluding carboxylic acids is 1. The van der Waals surface area contributed by atoms with Crippen LogP contribution in [0.4, 0.5) is 11.4 Å². The molecule has 0 radical (unpaired) electrons. The van der Waals surface area contributed by atoms with Gasteiger partial charge in [-0.05, 0) is 30.3 Å². The number of carbonyl (C=O) groups is 1. The molecule has 1 aromatic heterocycles. The molecular weight excluding hydrogens is 408 g/mol. The number of aromatic amines is 1. The summed E-state index contributed by atoms with van der Waals surface area (Å²) in [6, 6.07) is 10.7. The van der Waals surface area contributed by atoms with Crippen molar-refractivity contribution in [3.8, 4) is 5.75 Å². The highest BCUT2D eigenvalue weighted by Crippen LogP contribution is 2.29. The zero-order valence-electron chi connectivity index (χ0n) is 14.0. The molecule has 4 N–H and O–H groups in total. The third kappa shape index (κ3) is 4.30. The van der Waals surface area contributed by atoms with Gasteiger partial charge in [0.2, 0.25) is 0 Å². The molecule has 144 valence electrons. The molecule has 0 atom stereocenters. The minimum atomic E-state index is -4.05. The molecule has 1 amide bonds. The van der Waals surface area contributed by atoms with Gasteiger partial charge in [0.05, 0.1) is 33.1 Å². The fourth-order valence-electron chi connectivity index (χ4n) is 2.22. The first-order valence-electron chi connectivity index (χ1n) is 7.73. The van der Waals surface area contributed by atoms with E-state index < -0.39 is 21.5 Å². The molecule has 0 aliphatic carbocycles. The summed E-state index contributed by atoms with van der Waals surface area (Å²) in [4.78, 5) is 23.3. The van der Waals surface area contributed by atoms with E-state index in [1.807, 2.05) is 0 Å². The van der Waals surface area contributed by atoms with Crippen LogP contribution in [0, 0.1) is 0 Å². The highest BCUT2D eigenvalue weighted by Gasteiger charge is 2.19. The van der Waals surface area contributed by atoms with E-state index >= 15 is 0 Å². The number of H-pyrrole nitrogens is 1. The first kappa shape index (κ1) is 19.4. The lowest BCUT2D eigenvalue weighted by Crippen LogP contribution is -2.18. The summed E-state index contributed by atoms with van der Waals surface area (Å²) < 4.78 is 27.5. The molecule has 1 heterocycles. The number of rotatable bonds is 5. The lowest BCUT2D eigenvalue weighted by Gasteiger charge is -2.12. The number of nitrogens with one attached hydrogen (secondary N) is 3. The fourth-order valence-corrected chi connectivity index (χ4v) is 3.57. The second kappa shape index (κ2) is 7.71. The number of amides is 1. The number of hydrogen-bond donors (Lipinski definition) is 4. The molecule has 0 aliphatic rings. The summed E-state index contributed by atoms with van der Waals surface area (Å²) >= 11 is 5.97. The molecule has 0 aliphatic heterocycles. The molecule has 28 heavy (non-hydrogen) atoms. The Morgan fingerprint density at radius 3 is 2.57 bits per heavy atom. The molecule has 2 aromatic carbocycles. The number of aromatic nitrogens is 2. The van der Waals surface area contributed by atoms with Crippen molar-refractivity contribution in [2.75, 3.05) is 10.0 Å². The Bertz CT molecular complexity index is 1210. The molecule has 0 spiro atoms. The number of hydrogen-bond acceptors (Lipinski definition) is 6. The van der Waals surface area contributed by atoms with Crippen LogP contribution in [-0.2, 0) is 10.0 Å². The number of sulfonamides is 1. The number of nitrogens with zero attached hydrogens (tertiary/aromatic N) is 1. The van der Waals surface area contributed by atoms with Crippen LogP contribution in [0.2, 0.25) is 5.02 Å². The van der Waals surface area contributed by atoms with Crippen LogP contribution >= 0.6 is 11.6 Å². The first-order chi connectivity index (χ1) is 13.3. The largest absolute Gasteiger partial charge is 0.506 e.